The molecule has 5 heteroatoms. The lowest BCUT2D eigenvalue weighted by molar-refractivity contribution is -0.137. The van der Waals surface area contributed by atoms with Gasteiger partial charge in [-0.15, -0.1) is 30.3 Å². The molecule has 0 fully saturated rings. The van der Waals surface area contributed by atoms with Crippen molar-refractivity contribution in [1.82, 2.24) is 4.90 Å². The molecule has 0 saturated carbocycles. The van der Waals surface area contributed by atoms with Crippen LogP contribution < -0.4 is 0 Å². The molecule has 0 spiro atoms. The lowest BCUT2D eigenvalue weighted by atomic mass is 10.2. The molecule has 0 aliphatic carbocycles. The molecule has 0 amide bonds. The molecule has 0 saturated heterocycles. The molecular weight excluding hydrogens is 270 g/mol. The van der Waals surface area contributed by atoms with Gasteiger partial charge in [-0.3, -0.25) is 9.69 Å². The van der Waals surface area contributed by atoms with Gasteiger partial charge in [0.15, 0.2) is 0 Å². The lowest BCUT2D eigenvalue weighted by Gasteiger charge is -2.19. The number of thiophene rings is 1. The third-order valence-corrected chi connectivity index (χ3v) is 3.32. The third kappa shape index (κ3) is 7.48. The average molecular weight is 290 g/mol. The van der Waals surface area contributed by atoms with Crippen LogP contribution in [-0.2, 0) is 11.3 Å². The first-order valence-corrected chi connectivity index (χ1v) is 6.67. The summed E-state index contributed by atoms with van der Waals surface area (Å²) in [6.45, 7) is 6.46. The highest BCUT2D eigenvalue weighted by Crippen LogP contribution is 2.12. The number of unbranched alkanes of at least 4 members (excludes halogenated alkanes) is 1. The van der Waals surface area contributed by atoms with E-state index in [1.54, 1.807) is 11.3 Å². The second-order valence-electron chi connectivity index (χ2n) is 3.95. The number of carboxylic acid groups (broad SMARTS) is 1. The van der Waals surface area contributed by atoms with E-state index in [1.165, 1.54) is 4.88 Å². The fourth-order valence-electron chi connectivity index (χ4n) is 1.65. The number of hydrogen-bond donors (Lipinski definition) is 1. The number of hydrogen-bond acceptors (Lipinski definition) is 3. The number of carbonyl (C=O) groups is 1. The molecule has 0 radical (unpaired) electrons. The normalized spacial score (nSPS) is 10.1. The molecule has 0 bridgehead atoms. The SMILES string of the molecule is C=CCN(CCCCC(=O)O)Cc1cccs1.Cl. The Morgan fingerprint density at radius 2 is 2.28 bits per heavy atom. The van der Waals surface area contributed by atoms with Crippen molar-refractivity contribution < 1.29 is 9.90 Å². The first kappa shape index (κ1) is 17.2. The molecule has 1 aromatic heterocycles. The Balaban J connectivity index is 0.00000289. The predicted molar refractivity (Wildman–Crippen MR) is 78.5 cm³/mol. The van der Waals surface area contributed by atoms with Crippen LogP contribution in [0.15, 0.2) is 30.2 Å². The molecule has 102 valence electrons. The smallest absolute Gasteiger partial charge is 0.303 e. The van der Waals surface area contributed by atoms with Crippen LogP contribution in [0, 0.1) is 0 Å². The number of rotatable bonds is 9. The summed E-state index contributed by atoms with van der Waals surface area (Å²) in [6, 6.07) is 4.18. The topological polar surface area (TPSA) is 40.5 Å². The fraction of sp³-hybridized carbons (Fsp3) is 0.462. The van der Waals surface area contributed by atoms with Crippen molar-refractivity contribution in [3.63, 3.8) is 0 Å². The van der Waals surface area contributed by atoms with E-state index in [2.05, 4.69) is 29.0 Å². The van der Waals surface area contributed by atoms with Gasteiger partial charge in [0, 0.05) is 24.4 Å². The maximum Gasteiger partial charge on any atom is 0.303 e. The minimum absolute atomic E-state index is 0. The van der Waals surface area contributed by atoms with Crippen LogP contribution in [0.1, 0.15) is 24.1 Å². The third-order valence-electron chi connectivity index (χ3n) is 2.46. The fourth-order valence-corrected chi connectivity index (χ4v) is 2.40. The van der Waals surface area contributed by atoms with Crippen LogP contribution in [0.4, 0.5) is 0 Å². The van der Waals surface area contributed by atoms with Gasteiger partial charge in [-0.05, 0) is 30.8 Å². The Morgan fingerprint density at radius 3 is 2.83 bits per heavy atom. The summed E-state index contributed by atoms with van der Waals surface area (Å²) in [5.41, 5.74) is 0. The van der Waals surface area contributed by atoms with Crippen molar-refractivity contribution in [2.45, 2.75) is 25.8 Å². The Labute approximate surface area is 119 Å². The second-order valence-corrected chi connectivity index (χ2v) is 4.99. The molecule has 1 aromatic rings. The maximum absolute atomic E-state index is 10.4. The summed E-state index contributed by atoms with van der Waals surface area (Å²) in [6.07, 6.45) is 3.82. The highest BCUT2D eigenvalue weighted by molar-refractivity contribution is 7.09. The Morgan fingerprint density at radius 1 is 1.50 bits per heavy atom. The summed E-state index contributed by atoms with van der Waals surface area (Å²) in [5.74, 6) is -0.710. The van der Waals surface area contributed by atoms with E-state index in [4.69, 9.17) is 5.11 Å². The van der Waals surface area contributed by atoms with Crippen molar-refractivity contribution in [3.8, 4) is 0 Å². The van der Waals surface area contributed by atoms with Gasteiger partial charge in [0.25, 0.3) is 0 Å². The van der Waals surface area contributed by atoms with E-state index in [1.807, 2.05) is 6.08 Å². The molecule has 0 aliphatic heterocycles. The summed E-state index contributed by atoms with van der Waals surface area (Å²) in [7, 11) is 0. The van der Waals surface area contributed by atoms with Gasteiger partial charge in [0.1, 0.15) is 0 Å². The summed E-state index contributed by atoms with van der Waals surface area (Å²) < 4.78 is 0. The minimum Gasteiger partial charge on any atom is -0.481 e. The first-order valence-electron chi connectivity index (χ1n) is 5.80. The van der Waals surface area contributed by atoms with Crippen LogP contribution in [0.3, 0.4) is 0 Å². The van der Waals surface area contributed by atoms with Crippen LogP contribution >= 0.6 is 23.7 Å². The molecule has 0 atom stereocenters. The molecule has 0 aliphatic rings. The zero-order chi connectivity index (χ0) is 12.5. The van der Waals surface area contributed by atoms with Crippen molar-refractivity contribution in [2.24, 2.45) is 0 Å². The van der Waals surface area contributed by atoms with Crippen molar-refractivity contribution in [3.05, 3.63) is 35.0 Å². The van der Waals surface area contributed by atoms with Crippen molar-refractivity contribution in [1.29, 1.82) is 0 Å². The predicted octanol–water partition coefficient (Wildman–Crippen LogP) is 3.41. The molecule has 0 aromatic carbocycles. The number of halogens is 1. The molecule has 0 unspecified atom stereocenters. The Bertz CT molecular complexity index is 341. The standard InChI is InChI=1S/C13H19NO2S.ClH/c1-2-8-14(9-4-3-7-13(15)16)11-12-6-5-10-17-12;/h2,5-6,10H,1,3-4,7-9,11H2,(H,15,16);1H. The average Bonchev–Trinajstić information content (AvgIpc) is 2.77. The molecule has 3 nitrogen and oxygen atoms in total. The first-order chi connectivity index (χ1) is 8.22. The zero-order valence-corrected chi connectivity index (χ0v) is 12.0. The quantitative estimate of drug-likeness (QED) is 0.559. The Hall–Kier alpha value is -0.840. The van der Waals surface area contributed by atoms with Crippen LogP contribution in [-0.4, -0.2) is 29.1 Å². The van der Waals surface area contributed by atoms with Gasteiger partial charge in [-0.25, -0.2) is 0 Å². The maximum atomic E-state index is 10.4. The largest absolute Gasteiger partial charge is 0.481 e. The van der Waals surface area contributed by atoms with E-state index in [9.17, 15) is 4.79 Å². The van der Waals surface area contributed by atoms with E-state index >= 15 is 0 Å². The van der Waals surface area contributed by atoms with Crippen LogP contribution in [0.25, 0.3) is 0 Å². The molecule has 18 heavy (non-hydrogen) atoms. The van der Waals surface area contributed by atoms with Crippen molar-refractivity contribution in [2.75, 3.05) is 13.1 Å². The van der Waals surface area contributed by atoms with Gasteiger partial charge in [0.2, 0.25) is 0 Å². The number of nitrogens with zero attached hydrogens (tertiary/aromatic N) is 1. The highest BCUT2D eigenvalue weighted by atomic mass is 35.5. The lowest BCUT2D eigenvalue weighted by Crippen LogP contribution is -2.24. The van der Waals surface area contributed by atoms with E-state index < -0.39 is 5.97 Å². The minimum atomic E-state index is -0.710. The van der Waals surface area contributed by atoms with Gasteiger partial charge < -0.3 is 5.11 Å². The number of aliphatic carboxylic acids is 1. The van der Waals surface area contributed by atoms with Gasteiger partial charge in [-0.1, -0.05) is 12.1 Å². The number of carboxylic acids is 1. The van der Waals surface area contributed by atoms with Gasteiger partial charge in [-0.2, -0.15) is 0 Å². The monoisotopic (exact) mass is 289 g/mol. The van der Waals surface area contributed by atoms with Crippen molar-refractivity contribution >= 4 is 29.7 Å². The van der Waals surface area contributed by atoms with Gasteiger partial charge in [0.05, 0.1) is 0 Å². The van der Waals surface area contributed by atoms with E-state index in [-0.39, 0.29) is 18.8 Å². The van der Waals surface area contributed by atoms with E-state index in [0.717, 1.165) is 32.5 Å². The summed E-state index contributed by atoms with van der Waals surface area (Å²) in [5, 5.41) is 10.6. The zero-order valence-electron chi connectivity index (χ0n) is 10.4. The van der Waals surface area contributed by atoms with Gasteiger partial charge >= 0.3 is 5.97 Å². The summed E-state index contributed by atoms with van der Waals surface area (Å²) >= 11 is 1.75. The molecule has 1 heterocycles. The highest BCUT2D eigenvalue weighted by Gasteiger charge is 2.05. The summed E-state index contributed by atoms with van der Waals surface area (Å²) in [4.78, 5) is 14.0. The van der Waals surface area contributed by atoms with Crippen LogP contribution in [0.2, 0.25) is 0 Å². The molecular formula is C13H20ClNO2S. The molecule has 1 rings (SSSR count). The van der Waals surface area contributed by atoms with E-state index in [0.29, 0.717) is 0 Å². The second kappa shape index (κ2) is 10.1. The Kier molecular flexibility index (Phi) is 9.64. The van der Waals surface area contributed by atoms with Crippen LogP contribution in [0.5, 0.6) is 0 Å². The molecule has 1 N–H and O–H groups in total.